The SMILES string of the molecule is O=S(=O)(CCNCc1cccnc1)c1ccc(Br)cc1. The standard InChI is InChI=1S/C14H15BrN2O2S/c15-13-3-5-14(6-4-13)20(18,19)9-8-17-11-12-2-1-7-16-10-12/h1-7,10,17H,8-9,11H2. The second-order valence-electron chi connectivity index (χ2n) is 4.31. The van der Waals surface area contributed by atoms with Crippen molar-refractivity contribution in [3.05, 3.63) is 58.8 Å². The van der Waals surface area contributed by atoms with E-state index < -0.39 is 9.84 Å². The number of aromatic nitrogens is 1. The van der Waals surface area contributed by atoms with Gasteiger partial charge in [-0.1, -0.05) is 22.0 Å². The van der Waals surface area contributed by atoms with Crippen molar-refractivity contribution in [3.63, 3.8) is 0 Å². The predicted molar refractivity (Wildman–Crippen MR) is 82.1 cm³/mol. The number of hydrogen-bond donors (Lipinski definition) is 1. The molecule has 0 amide bonds. The lowest BCUT2D eigenvalue weighted by Gasteiger charge is -2.06. The summed E-state index contributed by atoms with van der Waals surface area (Å²) < 4.78 is 25.0. The van der Waals surface area contributed by atoms with E-state index >= 15 is 0 Å². The van der Waals surface area contributed by atoms with E-state index in [4.69, 9.17) is 0 Å². The molecule has 0 aliphatic carbocycles. The highest BCUT2D eigenvalue weighted by Gasteiger charge is 2.13. The van der Waals surface area contributed by atoms with Crippen LogP contribution in [-0.2, 0) is 16.4 Å². The Hall–Kier alpha value is -1.24. The maximum absolute atomic E-state index is 12.1. The Balaban J connectivity index is 1.85. The Bertz CT molecular complexity index is 643. The zero-order chi connectivity index (χ0) is 14.4. The molecule has 4 nitrogen and oxygen atoms in total. The molecule has 1 heterocycles. The maximum Gasteiger partial charge on any atom is 0.179 e. The first-order valence-electron chi connectivity index (χ1n) is 6.16. The molecule has 6 heteroatoms. The number of pyridine rings is 1. The van der Waals surface area contributed by atoms with Crippen LogP contribution in [0.2, 0.25) is 0 Å². The van der Waals surface area contributed by atoms with Crippen molar-refractivity contribution in [2.45, 2.75) is 11.4 Å². The fraction of sp³-hybridized carbons (Fsp3) is 0.214. The van der Waals surface area contributed by atoms with Gasteiger partial charge in [-0.05, 0) is 35.9 Å². The van der Waals surface area contributed by atoms with Gasteiger partial charge in [0, 0.05) is 30.0 Å². The van der Waals surface area contributed by atoms with E-state index in [0.29, 0.717) is 18.0 Å². The molecule has 0 saturated carbocycles. The second-order valence-corrected chi connectivity index (χ2v) is 7.34. The van der Waals surface area contributed by atoms with Crippen LogP contribution < -0.4 is 5.32 Å². The van der Waals surface area contributed by atoms with Gasteiger partial charge in [-0.2, -0.15) is 0 Å². The van der Waals surface area contributed by atoms with Crippen LogP contribution in [0.1, 0.15) is 5.56 Å². The molecule has 20 heavy (non-hydrogen) atoms. The summed E-state index contributed by atoms with van der Waals surface area (Å²) in [5, 5.41) is 3.11. The third-order valence-electron chi connectivity index (χ3n) is 2.77. The number of rotatable bonds is 6. The first-order valence-corrected chi connectivity index (χ1v) is 8.60. The highest BCUT2D eigenvalue weighted by molar-refractivity contribution is 9.10. The molecule has 0 unspecified atom stereocenters. The van der Waals surface area contributed by atoms with Gasteiger partial charge in [0.1, 0.15) is 0 Å². The van der Waals surface area contributed by atoms with Crippen molar-refractivity contribution >= 4 is 25.8 Å². The first kappa shape index (κ1) is 15.2. The highest BCUT2D eigenvalue weighted by Crippen LogP contribution is 2.15. The third kappa shape index (κ3) is 4.40. The molecule has 0 radical (unpaired) electrons. The van der Waals surface area contributed by atoms with E-state index in [0.717, 1.165) is 10.0 Å². The maximum atomic E-state index is 12.1. The number of hydrogen-bond acceptors (Lipinski definition) is 4. The van der Waals surface area contributed by atoms with Gasteiger partial charge >= 0.3 is 0 Å². The lowest BCUT2D eigenvalue weighted by molar-refractivity contribution is 0.590. The fourth-order valence-corrected chi connectivity index (χ4v) is 3.17. The van der Waals surface area contributed by atoms with Crippen molar-refractivity contribution in [2.75, 3.05) is 12.3 Å². The molecule has 0 spiro atoms. The van der Waals surface area contributed by atoms with Crippen LogP contribution in [0.5, 0.6) is 0 Å². The van der Waals surface area contributed by atoms with E-state index in [9.17, 15) is 8.42 Å². The molecule has 0 atom stereocenters. The van der Waals surface area contributed by atoms with Gasteiger partial charge in [0.2, 0.25) is 0 Å². The average Bonchev–Trinajstić information content (AvgIpc) is 2.45. The smallest absolute Gasteiger partial charge is 0.179 e. The van der Waals surface area contributed by atoms with Gasteiger partial charge in [-0.15, -0.1) is 0 Å². The van der Waals surface area contributed by atoms with Gasteiger partial charge < -0.3 is 5.32 Å². The van der Waals surface area contributed by atoms with Crippen LogP contribution >= 0.6 is 15.9 Å². The molecule has 2 rings (SSSR count). The molecule has 1 aromatic heterocycles. The van der Waals surface area contributed by atoms with Crippen LogP contribution in [-0.4, -0.2) is 25.7 Å². The van der Waals surface area contributed by atoms with Crippen LogP contribution in [0.3, 0.4) is 0 Å². The minimum absolute atomic E-state index is 0.0783. The molecular weight excluding hydrogens is 340 g/mol. The zero-order valence-corrected chi connectivity index (χ0v) is 13.2. The molecule has 106 valence electrons. The summed E-state index contributed by atoms with van der Waals surface area (Å²) in [6.45, 7) is 1.02. The normalized spacial score (nSPS) is 11.4. The van der Waals surface area contributed by atoms with Crippen molar-refractivity contribution in [1.29, 1.82) is 0 Å². The van der Waals surface area contributed by atoms with E-state index in [1.807, 2.05) is 12.1 Å². The van der Waals surface area contributed by atoms with Gasteiger partial charge in [-0.25, -0.2) is 8.42 Å². The zero-order valence-electron chi connectivity index (χ0n) is 10.8. The lowest BCUT2D eigenvalue weighted by atomic mass is 10.3. The summed E-state index contributed by atoms with van der Waals surface area (Å²) in [5.41, 5.74) is 1.04. The summed E-state index contributed by atoms with van der Waals surface area (Å²) in [4.78, 5) is 4.36. The molecule has 0 saturated heterocycles. The monoisotopic (exact) mass is 354 g/mol. The molecule has 0 bridgehead atoms. The van der Waals surface area contributed by atoms with Crippen LogP contribution in [0, 0.1) is 0 Å². The topological polar surface area (TPSA) is 59.1 Å². The predicted octanol–water partition coefficient (Wildman–Crippen LogP) is 2.41. The summed E-state index contributed by atoms with van der Waals surface area (Å²) in [5.74, 6) is 0.0783. The number of halogens is 1. The van der Waals surface area contributed by atoms with E-state index in [2.05, 4.69) is 26.2 Å². The van der Waals surface area contributed by atoms with E-state index in [-0.39, 0.29) is 5.75 Å². The van der Waals surface area contributed by atoms with Crippen LogP contribution in [0.15, 0.2) is 58.2 Å². The number of nitrogens with zero attached hydrogens (tertiary/aromatic N) is 1. The minimum Gasteiger partial charge on any atom is -0.312 e. The lowest BCUT2D eigenvalue weighted by Crippen LogP contribution is -2.22. The van der Waals surface area contributed by atoms with Gasteiger partial charge in [0.25, 0.3) is 0 Å². The largest absolute Gasteiger partial charge is 0.312 e. The average molecular weight is 355 g/mol. The van der Waals surface area contributed by atoms with Crippen LogP contribution in [0.25, 0.3) is 0 Å². The highest BCUT2D eigenvalue weighted by atomic mass is 79.9. The molecule has 0 aliphatic heterocycles. The van der Waals surface area contributed by atoms with E-state index in [1.165, 1.54) is 0 Å². The molecule has 1 aromatic carbocycles. The Kier molecular flexibility index (Phi) is 5.28. The quantitative estimate of drug-likeness (QED) is 0.809. The van der Waals surface area contributed by atoms with Gasteiger partial charge in [0.05, 0.1) is 10.6 Å². The number of benzene rings is 1. The molecule has 0 fully saturated rings. The third-order valence-corrected chi connectivity index (χ3v) is 5.03. The minimum atomic E-state index is -3.23. The van der Waals surface area contributed by atoms with Gasteiger partial charge in [-0.3, -0.25) is 4.98 Å². The Morgan fingerprint density at radius 3 is 2.55 bits per heavy atom. The summed E-state index contributed by atoms with van der Waals surface area (Å²) >= 11 is 3.29. The molecule has 0 aliphatic rings. The summed E-state index contributed by atoms with van der Waals surface area (Å²) in [6.07, 6.45) is 3.47. The van der Waals surface area contributed by atoms with Crippen molar-refractivity contribution < 1.29 is 8.42 Å². The number of sulfone groups is 1. The molecular formula is C14H15BrN2O2S. The molecule has 2 aromatic rings. The van der Waals surface area contributed by atoms with E-state index in [1.54, 1.807) is 36.7 Å². The number of nitrogens with one attached hydrogen (secondary N) is 1. The second kappa shape index (κ2) is 6.97. The summed E-state index contributed by atoms with van der Waals surface area (Å²) in [6, 6.07) is 10.5. The summed E-state index contributed by atoms with van der Waals surface area (Å²) in [7, 11) is -3.23. The first-order chi connectivity index (χ1) is 9.58. The van der Waals surface area contributed by atoms with Crippen molar-refractivity contribution in [1.82, 2.24) is 10.3 Å². The Morgan fingerprint density at radius 1 is 1.15 bits per heavy atom. The van der Waals surface area contributed by atoms with Crippen LogP contribution in [0.4, 0.5) is 0 Å². The van der Waals surface area contributed by atoms with Crippen molar-refractivity contribution in [2.24, 2.45) is 0 Å². The Morgan fingerprint density at radius 2 is 1.90 bits per heavy atom. The van der Waals surface area contributed by atoms with Gasteiger partial charge in [0.15, 0.2) is 9.84 Å². The molecule has 1 N–H and O–H groups in total. The fourth-order valence-electron chi connectivity index (χ4n) is 1.70. The van der Waals surface area contributed by atoms with Crippen molar-refractivity contribution in [3.8, 4) is 0 Å². The Labute approximate surface area is 127 Å².